The topological polar surface area (TPSA) is 77.4 Å². The summed E-state index contributed by atoms with van der Waals surface area (Å²) >= 11 is 0. The minimum Gasteiger partial charge on any atom is -0.387 e. The van der Waals surface area contributed by atoms with Crippen LogP contribution in [-0.2, 0) is 18.9 Å². The molecule has 21 heavy (non-hydrogen) atoms. The molecule has 0 aromatic heterocycles. The zero-order chi connectivity index (χ0) is 15.2. The van der Waals surface area contributed by atoms with E-state index < -0.39 is 24.4 Å². The first kappa shape index (κ1) is 17.1. The van der Waals surface area contributed by atoms with Gasteiger partial charge in [-0.3, -0.25) is 0 Å². The highest BCUT2D eigenvalue weighted by Crippen LogP contribution is 2.24. The van der Waals surface area contributed by atoms with Crippen molar-refractivity contribution in [2.24, 2.45) is 0 Å². The summed E-state index contributed by atoms with van der Waals surface area (Å²) in [6.07, 6.45) is 1.79. The third-order valence-electron chi connectivity index (χ3n) is 4.04. The van der Waals surface area contributed by atoms with Crippen molar-refractivity contribution < 1.29 is 29.2 Å². The predicted molar refractivity (Wildman–Crippen MR) is 75.7 cm³/mol. The van der Waals surface area contributed by atoms with Crippen LogP contribution < -0.4 is 0 Å². The molecule has 0 aromatic carbocycles. The van der Waals surface area contributed by atoms with E-state index in [1.165, 1.54) is 19.3 Å². The fourth-order valence-electron chi connectivity index (χ4n) is 2.72. The van der Waals surface area contributed by atoms with E-state index in [1.807, 2.05) is 0 Å². The fourth-order valence-corrected chi connectivity index (χ4v) is 2.72. The Hall–Kier alpha value is -0.240. The van der Waals surface area contributed by atoms with Gasteiger partial charge in [0.2, 0.25) is 0 Å². The van der Waals surface area contributed by atoms with Gasteiger partial charge in [0.05, 0.1) is 13.2 Å². The van der Waals surface area contributed by atoms with E-state index in [2.05, 4.69) is 6.92 Å². The second-order valence-electron chi connectivity index (χ2n) is 5.84. The Bertz CT molecular complexity index is 300. The second kappa shape index (κ2) is 8.41. The number of ether oxygens (including phenoxy) is 4. The molecule has 6 unspecified atom stereocenters. The summed E-state index contributed by atoms with van der Waals surface area (Å²) in [6.45, 7) is 4.53. The molecule has 2 aliphatic rings. The monoisotopic (exact) mass is 304 g/mol. The Morgan fingerprint density at radius 3 is 2.24 bits per heavy atom. The van der Waals surface area contributed by atoms with Crippen LogP contribution in [0.1, 0.15) is 46.0 Å². The molecular weight excluding hydrogens is 276 g/mol. The Morgan fingerprint density at radius 1 is 0.952 bits per heavy atom. The van der Waals surface area contributed by atoms with E-state index in [9.17, 15) is 10.2 Å². The van der Waals surface area contributed by atoms with Gasteiger partial charge >= 0.3 is 0 Å². The van der Waals surface area contributed by atoms with Gasteiger partial charge in [-0.05, 0) is 19.8 Å². The summed E-state index contributed by atoms with van der Waals surface area (Å²) < 4.78 is 21.8. The van der Waals surface area contributed by atoms with Crippen molar-refractivity contribution in [1.29, 1.82) is 0 Å². The van der Waals surface area contributed by atoms with Gasteiger partial charge in [-0.15, -0.1) is 0 Å². The third kappa shape index (κ3) is 4.87. The smallest absolute Gasteiger partial charge is 0.158 e. The maximum absolute atomic E-state index is 10.2. The molecule has 2 N–H and O–H groups in total. The van der Waals surface area contributed by atoms with Crippen LogP contribution in [0.5, 0.6) is 0 Å². The lowest BCUT2D eigenvalue weighted by atomic mass is 10.0. The summed E-state index contributed by atoms with van der Waals surface area (Å²) in [5.41, 5.74) is 0. The maximum Gasteiger partial charge on any atom is 0.158 e. The van der Waals surface area contributed by atoms with Crippen LogP contribution in [0, 0.1) is 0 Å². The normalized spacial score (nSPS) is 36.0. The molecule has 0 aromatic rings. The highest BCUT2D eigenvalue weighted by molar-refractivity contribution is 4.86. The van der Waals surface area contributed by atoms with E-state index in [4.69, 9.17) is 18.9 Å². The fraction of sp³-hybridized carbons (Fsp3) is 1.00. The van der Waals surface area contributed by atoms with Gasteiger partial charge in [-0.2, -0.15) is 0 Å². The van der Waals surface area contributed by atoms with Gasteiger partial charge in [0.15, 0.2) is 12.6 Å². The molecule has 2 rings (SSSR count). The second-order valence-corrected chi connectivity index (χ2v) is 5.84. The highest BCUT2D eigenvalue weighted by Gasteiger charge is 2.40. The van der Waals surface area contributed by atoms with Crippen LogP contribution in [0.15, 0.2) is 0 Å². The molecule has 0 aliphatic carbocycles. The van der Waals surface area contributed by atoms with Crippen molar-refractivity contribution in [3.8, 4) is 0 Å². The Kier molecular flexibility index (Phi) is 6.85. The van der Waals surface area contributed by atoms with Crippen molar-refractivity contribution in [2.45, 2.75) is 82.9 Å². The molecule has 2 fully saturated rings. The van der Waals surface area contributed by atoms with Gasteiger partial charge in [0, 0.05) is 0 Å². The van der Waals surface area contributed by atoms with Gasteiger partial charge in [0.1, 0.15) is 24.4 Å². The summed E-state index contributed by atoms with van der Waals surface area (Å²) in [7, 11) is 0. The number of aliphatic hydroxyl groups excluding tert-OH is 2. The van der Waals surface area contributed by atoms with Crippen LogP contribution in [0.25, 0.3) is 0 Å². The number of rotatable bonds is 8. The van der Waals surface area contributed by atoms with Crippen molar-refractivity contribution in [1.82, 2.24) is 0 Å². The molecule has 0 spiro atoms. The summed E-state index contributed by atoms with van der Waals surface area (Å²) in [6, 6.07) is 0. The predicted octanol–water partition coefficient (Wildman–Crippen LogP) is 1.18. The molecule has 0 saturated carbocycles. The first-order valence-corrected chi connectivity index (χ1v) is 8.02. The molecule has 6 nitrogen and oxygen atoms in total. The Labute approximate surface area is 126 Å². The Morgan fingerprint density at radius 2 is 1.62 bits per heavy atom. The first-order valence-electron chi connectivity index (χ1n) is 8.02. The summed E-state index contributed by atoms with van der Waals surface area (Å²) in [5, 5.41) is 20.3. The number of unbranched alkanes of at least 4 members (excludes halogenated alkanes) is 3. The van der Waals surface area contributed by atoms with Crippen LogP contribution in [0.4, 0.5) is 0 Å². The number of aliphatic hydroxyl groups is 2. The zero-order valence-electron chi connectivity index (χ0n) is 12.9. The van der Waals surface area contributed by atoms with E-state index in [0.29, 0.717) is 6.61 Å². The molecule has 6 atom stereocenters. The molecular formula is C15H28O6. The molecule has 124 valence electrons. The molecule has 2 aliphatic heterocycles. The zero-order valence-corrected chi connectivity index (χ0v) is 12.9. The van der Waals surface area contributed by atoms with E-state index in [0.717, 1.165) is 12.8 Å². The minimum absolute atomic E-state index is 0.270. The van der Waals surface area contributed by atoms with E-state index in [1.54, 1.807) is 6.92 Å². The average molecular weight is 304 g/mol. The van der Waals surface area contributed by atoms with Crippen LogP contribution in [-0.4, -0.2) is 60.4 Å². The number of hydrogen-bond acceptors (Lipinski definition) is 6. The SMILES string of the molecule is CCCCCCC1OCC(C(O)C(O)C2COC(C)O2)O1. The lowest BCUT2D eigenvalue weighted by molar-refractivity contribution is -0.138. The number of hydrogen-bond donors (Lipinski definition) is 2. The molecule has 0 radical (unpaired) electrons. The molecule has 0 amide bonds. The molecule has 6 heteroatoms. The highest BCUT2D eigenvalue weighted by atomic mass is 16.7. The summed E-state index contributed by atoms with van der Waals surface area (Å²) in [5.74, 6) is 0. The lowest BCUT2D eigenvalue weighted by Crippen LogP contribution is -2.46. The van der Waals surface area contributed by atoms with E-state index in [-0.39, 0.29) is 19.2 Å². The maximum atomic E-state index is 10.2. The standard InChI is InChI=1S/C15H28O6/c1-3-4-5-6-7-13-19-9-12(21-13)15(17)14(16)11-8-18-10(2)20-11/h10-17H,3-9H2,1-2H3. The Balaban J connectivity index is 1.70. The van der Waals surface area contributed by atoms with Gasteiger partial charge in [-0.1, -0.05) is 26.2 Å². The van der Waals surface area contributed by atoms with Crippen molar-refractivity contribution in [3.05, 3.63) is 0 Å². The minimum atomic E-state index is -1.03. The van der Waals surface area contributed by atoms with Crippen LogP contribution >= 0.6 is 0 Å². The molecule has 2 saturated heterocycles. The van der Waals surface area contributed by atoms with Gasteiger partial charge < -0.3 is 29.2 Å². The average Bonchev–Trinajstić information content (AvgIpc) is 3.11. The van der Waals surface area contributed by atoms with Crippen LogP contribution in [0.2, 0.25) is 0 Å². The molecule has 0 bridgehead atoms. The van der Waals surface area contributed by atoms with Crippen LogP contribution in [0.3, 0.4) is 0 Å². The van der Waals surface area contributed by atoms with Crippen molar-refractivity contribution >= 4 is 0 Å². The van der Waals surface area contributed by atoms with E-state index >= 15 is 0 Å². The first-order chi connectivity index (χ1) is 10.1. The van der Waals surface area contributed by atoms with Gasteiger partial charge in [0.25, 0.3) is 0 Å². The third-order valence-corrected chi connectivity index (χ3v) is 4.04. The quantitative estimate of drug-likeness (QED) is 0.656. The van der Waals surface area contributed by atoms with Crippen molar-refractivity contribution in [2.75, 3.05) is 13.2 Å². The molecule has 2 heterocycles. The largest absolute Gasteiger partial charge is 0.387 e. The summed E-state index contributed by atoms with van der Waals surface area (Å²) in [4.78, 5) is 0. The van der Waals surface area contributed by atoms with Gasteiger partial charge in [-0.25, -0.2) is 0 Å². The van der Waals surface area contributed by atoms with Crippen molar-refractivity contribution in [3.63, 3.8) is 0 Å². The lowest BCUT2D eigenvalue weighted by Gasteiger charge is -2.25.